The second kappa shape index (κ2) is 6.72. The minimum atomic E-state index is -0.186. The largest absolute Gasteiger partial charge is 0.378 e. The Morgan fingerprint density at radius 1 is 1.10 bits per heavy atom. The van der Waals surface area contributed by atoms with Gasteiger partial charge in [0.2, 0.25) is 0 Å². The molecule has 112 valence electrons. The minimum Gasteiger partial charge on any atom is -0.378 e. The van der Waals surface area contributed by atoms with E-state index in [0.717, 1.165) is 17.7 Å². The van der Waals surface area contributed by atoms with Crippen LogP contribution in [0.25, 0.3) is 0 Å². The highest BCUT2D eigenvalue weighted by Gasteiger charge is 2.15. The van der Waals surface area contributed by atoms with Crippen molar-refractivity contribution in [3.05, 3.63) is 65.0 Å². The quantitative estimate of drug-likeness (QED) is 0.897. The molecule has 0 aliphatic heterocycles. The molecule has 0 bridgehead atoms. The summed E-state index contributed by atoms with van der Waals surface area (Å²) in [6.07, 6.45) is 0. The van der Waals surface area contributed by atoms with Gasteiger partial charge in [-0.25, -0.2) is 4.39 Å². The van der Waals surface area contributed by atoms with Gasteiger partial charge in [-0.3, -0.25) is 0 Å². The molecule has 21 heavy (non-hydrogen) atoms. The summed E-state index contributed by atoms with van der Waals surface area (Å²) in [7, 11) is 4.06. The maximum atomic E-state index is 13.3. The zero-order valence-corrected chi connectivity index (χ0v) is 13.2. The average Bonchev–Trinajstić information content (AvgIpc) is 2.46. The van der Waals surface area contributed by atoms with Crippen molar-refractivity contribution in [1.82, 2.24) is 5.32 Å². The van der Waals surface area contributed by atoms with Crippen LogP contribution in [0.1, 0.15) is 29.7 Å². The molecule has 0 radical (unpaired) electrons. The van der Waals surface area contributed by atoms with E-state index in [9.17, 15) is 4.39 Å². The zero-order valence-electron chi connectivity index (χ0n) is 13.2. The van der Waals surface area contributed by atoms with E-state index < -0.39 is 0 Å². The third-order valence-corrected chi connectivity index (χ3v) is 3.69. The van der Waals surface area contributed by atoms with Gasteiger partial charge in [-0.05, 0) is 54.4 Å². The van der Waals surface area contributed by atoms with Crippen LogP contribution in [0.5, 0.6) is 0 Å². The van der Waals surface area contributed by atoms with Gasteiger partial charge in [0.25, 0.3) is 0 Å². The van der Waals surface area contributed by atoms with E-state index in [1.807, 2.05) is 27.1 Å². The summed E-state index contributed by atoms with van der Waals surface area (Å²) < 4.78 is 13.3. The van der Waals surface area contributed by atoms with Crippen molar-refractivity contribution in [3.63, 3.8) is 0 Å². The Labute approximate surface area is 126 Å². The van der Waals surface area contributed by atoms with Crippen LogP contribution in [0, 0.1) is 12.7 Å². The third-order valence-electron chi connectivity index (χ3n) is 3.69. The van der Waals surface area contributed by atoms with Crippen LogP contribution in [0.2, 0.25) is 0 Å². The van der Waals surface area contributed by atoms with Gasteiger partial charge in [-0.2, -0.15) is 0 Å². The number of nitrogens with zero attached hydrogens (tertiary/aromatic N) is 1. The molecule has 3 heteroatoms. The number of hydrogen-bond donors (Lipinski definition) is 1. The number of nitrogens with one attached hydrogen (secondary N) is 1. The SMILES string of the molecule is CCNC(c1ccc(N(C)C)cc1)c1ccc(F)cc1C. The molecule has 0 spiro atoms. The van der Waals surface area contributed by atoms with Gasteiger partial charge in [0.1, 0.15) is 5.82 Å². The number of aryl methyl sites for hydroxylation is 1. The smallest absolute Gasteiger partial charge is 0.123 e. The molecule has 0 saturated carbocycles. The van der Waals surface area contributed by atoms with E-state index in [0.29, 0.717) is 0 Å². The lowest BCUT2D eigenvalue weighted by atomic mass is 9.94. The van der Waals surface area contributed by atoms with Gasteiger partial charge in [-0.15, -0.1) is 0 Å². The van der Waals surface area contributed by atoms with Crippen LogP contribution >= 0.6 is 0 Å². The number of halogens is 1. The van der Waals surface area contributed by atoms with Crippen molar-refractivity contribution >= 4 is 5.69 Å². The van der Waals surface area contributed by atoms with Crippen molar-refractivity contribution < 1.29 is 4.39 Å². The Balaban J connectivity index is 2.38. The maximum Gasteiger partial charge on any atom is 0.123 e. The predicted molar refractivity (Wildman–Crippen MR) is 87.4 cm³/mol. The molecule has 0 saturated heterocycles. The van der Waals surface area contributed by atoms with Crippen LogP contribution in [0.4, 0.5) is 10.1 Å². The molecule has 0 aromatic heterocycles. The molecule has 1 unspecified atom stereocenters. The standard InChI is InChI=1S/C18H23FN2/c1-5-20-18(17-11-8-15(19)12-13(17)2)14-6-9-16(10-7-14)21(3)4/h6-12,18,20H,5H2,1-4H3. The highest BCUT2D eigenvalue weighted by atomic mass is 19.1. The Kier molecular flexibility index (Phi) is 4.97. The van der Waals surface area contributed by atoms with Gasteiger partial charge >= 0.3 is 0 Å². The van der Waals surface area contributed by atoms with E-state index >= 15 is 0 Å². The first-order valence-corrected chi connectivity index (χ1v) is 7.29. The van der Waals surface area contributed by atoms with Gasteiger partial charge in [0, 0.05) is 19.8 Å². The van der Waals surface area contributed by atoms with Crippen LogP contribution in [-0.4, -0.2) is 20.6 Å². The summed E-state index contributed by atoms with van der Waals surface area (Å²) in [5.74, 6) is -0.186. The van der Waals surface area contributed by atoms with Crippen molar-refractivity contribution in [3.8, 4) is 0 Å². The minimum absolute atomic E-state index is 0.0896. The molecule has 2 rings (SSSR count). The van der Waals surface area contributed by atoms with Crippen LogP contribution < -0.4 is 10.2 Å². The maximum absolute atomic E-state index is 13.3. The molecule has 2 aromatic rings. The van der Waals surface area contributed by atoms with E-state index in [2.05, 4.69) is 41.4 Å². The average molecular weight is 286 g/mol. The lowest BCUT2D eigenvalue weighted by Gasteiger charge is -2.22. The Bertz CT molecular complexity index is 591. The summed E-state index contributed by atoms with van der Waals surface area (Å²) >= 11 is 0. The second-order valence-electron chi connectivity index (χ2n) is 5.48. The lowest BCUT2D eigenvalue weighted by molar-refractivity contribution is 0.610. The van der Waals surface area contributed by atoms with Gasteiger partial charge in [0.15, 0.2) is 0 Å². The van der Waals surface area contributed by atoms with Crippen LogP contribution in [0.3, 0.4) is 0 Å². The first-order chi connectivity index (χ1) is 10.0. The number of rotatable bonds is 5. The number of benzene rings is 2. The van der Waals surface area contributed by atoms with E-state index in [1.54, 1.807) is 6.07 Å². The molecule has 1 N–H and O–H groups in total. The monoisotopic (exact) mass is 286 g/mol. The van der Waals surface area contributed by atoms with Crippen molar-refractivity contribution in [1.29, 1.82) is 0 Å². The normalized spacial score (nSPS) is 12.2. The van der Waals surface area contributed by atoms with Crippen molar-refractivity contribution in [2.45, 2.75) is 19.9 Å². The number of anilines is 1. The van der Waals surface area contributed by atoms with Crippen molar-refractivity contribution in [2.75, 3.05) is 25.5 Å². The van der Waals surface area contributed by atoms with E-state index in [1.165, 1.54) is 17.3 Å². The molecule has 0 fully saturated rings. The molecule has 2 aromatic carbocycles. The Morgan fingerprint density at radius 3 is 2.29 bits per heavy atom. The fourth-order valence-electron chi connectivity index (χ4n) is 2.54. The summed E-state index contributed by atoms with van der Waals surface area (Å²) in [6, 6.07) is 13.6. The highest BCUT2D eigenvalue weighted by molar-refractivity contribution is 5.48. The van der Waals surface area contributed by atoms with Crippen LogP contribution in [0.15, 0.2) is 42.5 Å². The van der Waals surface area contributed by atoms with Gasteiger partial charge in [-0.1, -0.05) is 25.1 Å². The molecule has 2 nitrogen and oxygen atoms in total. The van der Waals surface area contributed by atoms with Gasteiger partial charge < -0.3 is 10.2 Å². The predicted octanol–water partition coefficient (Wildman–Crippen LogP) is 3.90. The molecule has 0 aliphatic rings. The fraction of sp³-hybridized carbons (Fsp3) is 0.333. The van der Waals surface area contributed by atoms with E-state index in [4.69, 9.17) is 0 Å². The first-order valence-electron chi connectivity index (χ1n) is 7.29. The van der Waals surface area contributed by atoms with E-state index in [-0.39, 0.29) is 11.9 Å². The zero-order chi connectivity index (χ0) is 15.4. The highest BCUT2D eigenvalue weighted by Crippen LogP contribution is 2.27. The first kappa shape index (κ1) is 15.5. The molecule has 0 amide bonds. The molecular weight excluding hydrogens is 263 g/mol. The summed E-state index contributed by atoms with van der Waals surface area (Å²) in [5.41, 5.74) is 4.45. The topological polar surface area (TPSA) is 15.3 Å². The van der Waals surface area contributed by atoms with Gasteiger partial charge in [0.05, 0.1) is 6.04 Å². The fourth-order valence-corrected chi connectivity index (χ4v) is 2.54. The molecule has 0 aliphatic carbocycles. The van der Waals surface area contributed by atoms with Crippen LogP contribution in [-0.2, 0) is 0 Å². The lowest BCUT2D eigenvalue weighted by Crippen LogP contribution is -2.23. The second-order valence-corrected chi connectivity index (χ2v) is 5.48. The van der Waals surface area contributed by atoms with Crippen molar-refractivity contribution in [2.24, 2.45) is 0 Å². The molecule has 0 heterocycles. The molecule has 1 atom stereocenters. The number of hydrogen-bond acceptors (Lipinski definition) is 2. The summed E-state index contributed by atoms with van der Waals surface area (Å²) in [6.45, 7) is 4.90. The third kappa shape index (κ3) is 3.61. The summed E-state index contributed by atoms with van der Waals surface area (Å²) in [5, 5.41) is 3.49. The Hall–Kier alpha value is -1.87. The summed E-state index contributed by atoms with van der Waals surface area (Å²) in [4.78, 5) is 2.08. The molecular formula is C18H23FN2. The Morgan fingerprint density at radius 2 is 1.76 bits per heavy atom.